The van der Waals surface area contributed by atoms with Crippen LogP contribution in [0.1, 0.15) is 19.4 Å². The molecule has 0 amide bonds. The smallest absolute Gasteiger partial charge is 0.149 e. The van der Waals surface area contributed by atoms with Gasteiger partial charge < -0.3 is 10.2 Å². The molecule has 114 valence electrons. The maximum atomic E-state index is 11.3. The standard InChI is InChI=1S/C14H23ClN2O2S/c1-11(2)16-10-12-9-13(15)5-6-14(12)17(3)7-8-20(4,18)19/h5-6,9,11,16H,7-8,10H2,1-4H3. The molecule has 0 fully saturated rings. The van der Waals surface area contributed by atoms with Gasteiger partial charge in [0.2, 0.25) is 0 Å². The minimum absolute atomic E-state index is 0.142. The van der Waals surface area contributed by atoms with E-state index in [1.807, 2.05) is 30.1 Å². The van der Waals surface area contributed by atoms with E-state index in [4.69, 9.17) is 11.6 Å². The van der Waals surface area contributed by atoms with Crippen molar-refractivity contribution >= 4 is 27.1 Å². The van der Waals surface area contributed by atoms with Crippen LogP contribution in [0.5, 0.6) is 0 Å². The van der Waals surface area contributed by atoms with E-state index in [0.29, 0.717) is 24.2 Å². The Morgan fingerprint density at radius 1 is 1.35 bits per heavy atom. The first kappa shape index (κ1) is 17.3. The van der Waals surface area contributed by atoms with Crippen molar-refractivity contribution in [2.75, 3.05) is 30.5 Å². The van der Waals surface area contributed by atoms with Crippen LogP contribution in [-0.4, -0.2) is 40.1 Å². The number of rotatable bonds is 7. The van der Waals surface area contributed by atoms with Crippen molar-refractivity contribution in [3.63, 3.8) is 0 Å². The molecule has 0 saturated heterocycles. The van der Waals surface area contributed by atoms with Gasteiger partial charge in [-0.25, -0.2) is 8.42 Å². The lowest BCUT2D eigenvalue weighted by Crippen LogP contribution is -2.28. The van der Waals surface area contributed by atoms with Gasteiger partial charge in [0.15, 0.2) is 0 Å². The van der Waals surface area contributed by atoms with Crippen molar-refractivity contribution in [1.82, 2.24) is 5.32 Å². The van der Waals surface area contributed by atoms with Gasteiger partial charge in [-0.2, -0.15) is 0 Å². The average molecular weight is 319 g/mol. The van der Waals surface area contributed by atoms with Gasteiger partial charge in [-0.05, 0) is 23.8 Å². The monoisotopic (exact) mass is 318 g/mol. The molecule has 0 aliphatic carbocycles. The van der Waals surface area contributed by atoms with Gasteiger partial charge in [0.05, 0.1) is 5.75 Å². The van der Waals surface area contributed by atoms with E-state index in [9.17, 15) is 8.42 Å². The van der Waals surface area contributed by atoms with Crippen LogP contribution in [0, 0.1) is 0 Å². The van der Waals surface area contributed by atoms with E-state index in [0.717, 1.165) is 11.3 Å². The van der Waals surface area contributed by atoms with Crippen molar-refractivity contribution in [2.45, 2.75) is 26.4 Å². The lowest BCUT2D eigenvalue weighted by atomic mass is 10.1. The molecule has 20 heavy (non-hydrogen) atoms. The van der Waals surface area contributed by atoms with Gasteiger partial charge in [-0.1, -0.05) is 25.4 Å². The Kier molecular flexibility index (Phi) is 6.30. The number of sulfone groups is 1. The SMILES string of the molecule is CC(C)NCc1cc(Cl)ccc1N(C)CCS(C)(=O)=O. The van der Waals surface area contributed by atoms with E-state index in [2.05, 4.69) is 19.2 Å². The Bertz CT molecular complexity index is 544. The molecular formula is C14H23ClN2O2S. The first-order valence-corrected chi connectivity index (χ1v) is 9.03. The summed E-state index contributed by atoms with van der Waals surface area (Å²) in [4.78, 5) is 1.95. The van der Waals surface area contributed by atoms with Crippen molar-refractivity contribution in [1.29, 1.82) is 0 Å². The lowest BCUT2D eigenvalue weighted by Gasteiger charge is -2.23. The van der Waals surface area contributed by atoms with Gasteiger partial charge >= 0.3 is 0 Å². The average Bonchev–Trinajstić information content (AvgIpc) is 2.32. The molecule has 0 atom stereocenters. The second-order valence-corrected chi connectivity index (χ2v) is 8.06. The number of hydrogen-bond acceptors (Lipinski definition) is 4. The fourth-order valence-electron chi connectivity index (χ4n) is 1.81. The fraction of sp³-hybridized carbons (Fsp3) is 0.571. The highest BCUT2D eigenvalue weighted by Crippen LogP contribution is 2.23. The van der Waals surface area contributed by atoms with Crippen molar-refractivity contribution in [2.24, 2.45) is 0 Å². The zero-order chi connectivity index (χ0) is 15.3. The van der Waals surface area contributed by atoms with Crippen LogP contribution in [-0.2, 0) is 16.4 Å². The molecule has 0 heterocycles. The van der Waals surface area contributed by atoms with Crippen molar-refractivity contribution in [3.05, 3.63) is 28.8 Å². The third-order valence-electron chi connectivity index (χ3n) is 2.95. The summed E-state index contributed by atoms with van der Waals surface area (Å²) < 4.78 is 22.5. The van der Waals surface area contributed by atoms with Crippen LogP contribution in [0.15, 0.2) is 18.2 Å². The van der Waals surface area contributed by atoms with E-state index >= 15 is 0 Å². The predicted molar refractivity (Wildman–Crippen MR) is 86.4 cm³/mol. The number of benzene rings is 1. The second kappa shape index (κ2) is 7.29. The fourth-order valence-corrected chi connectivity index (χ4v) is 2.61. The summed E-state index contributed by atoms with van der Waals surface area (Å²) in [5, 5.41) is 4.04. The van der Waals surface area contributed by atoms with E-state index < -0.39 is 9.84 Å². The molecule has 1 aromatic carbocycles. The lowest BCUT2D eigenvalue weighted by molar-refractivity contribution is 0.588. The number of nitrogens with one attached hydrogen (secondary N) is 1. The van der Waals surface area contributed by atoms with Crippen molar-refractivity contribution in [3.8, 4) is 0 Å². The molecule has 0 aliphatic rings. The molecule has 0 radical (unpaired) electrons. The van der Waals surface area contributed by atoms with Crippen LogP contribution in [0.3, 0.4) is 0 Å². The first-order chi connectivity index (χ1) is 9.19. The Labute approximate surface area is 127 Å². The van der Waals surface area contributed by atoms with Gasteiger partial charge in [0.25, 0.3) is 0 Å². The predicted octanol–water partition coefficient (Wildman–Crippen LogP) is 2.32. The third-order valence-corrected chi connectivity index (χ3v) is 4.11. The van der Waals surface area contributed by atoms with Crippen LogP contribution in [0.25, 0.3) is 0 Å². The Hall–Kier alpha value is -0.780. The first-order valence-electron chi connectivity index (χ1n) is 6.59. The maximum Gasteiger partial charge on any atom is 0.149 e. The largest absolute Gasteiger partial charge is 0.373 e. The summed E-state index contributed by atoms with van der Waals surface area (Å²) in [6.07, 6.45) is 1.25. The molecule has 1 rings (SSSR count). The van der Waals surface area contributed by atoms with Gasteiger partial charge in [0.1, 0.15) is 9.84 Å². The molecule has 0 bridgehead atoms. The zero-order valence-electron chi connectivity index (χ0n) is 12.5. The minimum Gasteiger partial charge on any atom is -0.373 e. The Morgan fingerprint density at radius 2 is 2.00 bits per heavy atom. The van der Waals surface area contributed by atoms with E-state index in [1.54, 1.807) is 0 Å². The van der Waals surface area contributed by atoms with Crippen LogP contribution >= 0.6 is 11.6 Å². The summed E-state index contributed by atoms with van der Waals surface area (Å²) >= 11 is 6.04. The quantitative estimate of drug-likeness (QED) is 0.838. The van der Waals surface area contributed by atoms with Gasteiger partial charge in [0, 0.05) is 43.1 Å². The number of nitrogens with zero attached hydrogens (tertiary/aromatic N) is 1. The highest BCUT2D eigenvalue weighted by molar-refractivity contribution is 7.90. The Balaban J connectivity index is 2.86. The summed E-state index contributed by atoms with van der Waals surface area (Å²) in [7, 11) is -1.06. The molecule has 0 saturated carbocycles. The van der Waals surface area contributed by atoms with Crippen molar-refractivity contribution < 1.29 is 8.42 Å². The summed E-state index contributed by atoms with van der Waals surface area (Å²) in [5.41, 5.74) is 2.08. The summed E-state index contributed by atoms with van der Waals surface area (Å²) in [5.74, 6) is 0.142. The number of anilines is 1. The molecule has 0 aliphatic heterocycles. The van der Waals surface area contributed by atoms with Gasteiger partial charge in [-0.3, -0.25) is 0 Å². The highest BCUT2D eigenvalue weighted by atomic mass is 35.5. The Morgan fingerprint density at radius 3 is 2.55 bits per heavy atom. The topological polar surface area (TPSA) is 49.4 Å². The van der Waals surface area contributed by atoms with Crippen LogP contribution in [0.2, 0.25) is 5.02 Å². The second-order valence-electron chi connectivity index (χ2n) is 5.36. The minimum atomic E-state index is -2.96. The highest BCUT2D eigenvalue weighted by Gasteiger charge is 2.11. The normalized spacial score (nSPS) is 11.9. The molecule has 0 spiro atoms. The summed E-state index contributed by atoms with van der Waals surface area (Å²) in [6, 6.07) is 6.06. The molecule has 1 N–H and O–H groups in total. The molecule has 1 aromatic rings. The van der Waals surface area contributed by atoms with Crippen LogP contribution in [0.4, 0.5) is 5.69 Å². The maximum absolute atomic E-state index is 11.3. The number of halogens is 1. The zero-order valence-corrected chi connectivity index (χ0v) is 14.1. The summed E-state index contributed by atoms with van der Waals surface area (Å²) in [6.45, 7) is 5.33. The van der Waals surface area contributed by atoms with Crippen LogP contribution < -0.4 is 10.2 Å². The molecular weight excluding hydrogens is 296 g/mol. The van der Waals surface area contributed by atoms with Gasteiger partial charge in [-0.15, -0.1) is 0 Å². The molecule has 0 unspecified atom stereocenters. The molecule has 4 nitrogen and oxygen atoms in total. The molecule has 6 heteroatoms. The third kappa shape index (κ3) is 6.11. The number of hydrogen-bond donors (Lipinski definition) is 1. The van der Waals surface area contributed by atoms with E-state index in [-0.39, 0.29) is 5.75 Å². The van der Waals surface area contributed by atoms with E-state index in [1.165, 1.54) is 6.26 Å². The molecule has 0 aromatic heterocycles.